The molecule has 9 nitrogen and oxygen atoms in total. The molecule has 0 bridgehead atoms. The first kappa shape index (κ1) is 18.0. The van der Waals surface area contributed by atoms with Gasteiger partial charge in [0.2, 0.25) is 10.0 Å². The quantitative estimate of drug-likeness (QED) is 0.743. The molecule has 10 heteroatoms. The van der Waals surface area contributed by atoms with Gasteiger partial charge in [-0.25, -0.2) is 13.4 Å². The standard InChI is InChI=1S/C16H17N5O4S/c22-15(19-20-16(23)14-11-17-7-8-18-14)12-3-5-13(6-4-12)26(24,25)21-9-1-2-10-21/h3-8,11H,1-2,9-10H2,(H,19,22)(H,20,23). The second-order valence-electron chi connectivity index (χ2n) is 5.63. The molecule has 2 amide bonds. The molecule has 0 saturated carbocycles. The van der Waals surface area contributed by atoms with Crippen LogP contribution >= 0.6 is 0 Å². The molecule has 26 heavy (non-hydrogen) atoms. The van der Waals surface area contributed by atoms with Crippen LogP contribution in [0.25, 0.3) is 0 Å². The van der Waals surface area contributed by atoms with Crippen molar-refractivity contribution in [1.82, 2.24) is 25.1 Å². The number of benzene rings is 1. The number of aromatic nitrogens is 2. The van der Waals surface area contributed by atoms with Crippen LogP contribution in [0.3, 0.4) is 0 Å². The number of carbonyl (C=O) groups excluding carboxylic acids is 2. The summed E-state index contributed by atoms with van der Waals surface area (Å²) in [5.74, 6) is -1.19. The van der Waals surface area contributed by atoms with E-state index in [0.717, 1.165) is 12.8 Å². The van der Waals surface area contributed by atoms with E-state index in [9.17, 15) is 18.0 Å². The fourth-order valence-electron chi connectivity index (χ4n) is 2.52. The number of sulfonamides is 1. The average Bonchev–Trinajstić information content (AvgIpc) is 3.22. The highest BCUT2D eigenvalue weighted by molar-refractivity contribution is 7.89. The summed E-state index contributed by atoms with van der Waals surface area (Å²) in [6.07, 6.45) is 5.75. The van der Waals surface area contributed by atoms with E-state index in [-0.39, 0.29) is 16.2 Å². The first-order chi connectivity index (χ1) is 12.5. The lowest BCUT2D eigenvalue weighted by molar-refractivity contribution is 0.0843. The Morgan fingerprint density at radius 1 is 0.962 bits per heavy atom. The average molecular weight is 375 g/mol. The zero-order valence-corrected chi connectivity index (χ0v) is 14.6. The largest absolute Gasteiger partial charge is 0.289 e. The van der Waals surface area contributed by atoms with Crippen LogP contribution in [-0.2, 0) is 10.0 Å². The molecule has 1 fully saturated rings. The Morgan fingerprint density at radius 3 is 2.23 bits per heavy atom. The summed E-state index contributed by atoms with van der Waals surface area (Å²) < 4.78 is 26.3. The van der Waals surface area contributed by atoms with Crippen molar-refractivity contribution in [3.63, 3.8) is 0 Å². The van der Waals surface area contributed by atoms with E-state index >= 15 is 0 Å². The number of hydrogen-bond donors (Lipinski definition) is 2. The van der Waals surface area contributed by atoms with E-state index in [2.05, 4.69) is 20.8 Å². The lowest BCUT2D eigenvalue weighted by atomic mass is 10.2. The molecular weight excluding hydrogens is 358 g/mol. The van der Waals surface area contributed by atoms with Gasteiger partial charge in [-0.3, -0.25) is 25.4 Å². The highest BCUT2D eigenvalue weighted by atomic mass is 32.2. The van der Waals surface area contributed by atoms with Crippen molar-refractivity contribution < 1.29 is 18.0 Å². The smallest absolute Gasteiger partial charge is 0.267 e. The normalized spacial score (nSPS) is 14.8. The predicted octanol–water partition coefficient (Wildman–Crippen LogP) is 0.336. The molecule has 0 radical (unpaired) electrons. The molecule has 1 aromatic carbocycles. The summed E-state index contributed by atoms with van der Waals surface area (Å²) in [6.45, 7) is 1.03. The Kier molecular flexibility index (Phi) is 5.24. The molecule has 0 aliphatic carbocycles. The van der Waals surface area contributed by atoms with Crippen LogP contribution < -0.4 is 10.9 Å². The molecule has 1 aliphatic rings. The lowest BCUT2D eigenvalue weighted by Gasteiger charge is -2.15. The van der Waals surface area contributed by atoms with Crippen LogP contribution in [0.4, 0.5) is 0 Å². The monoisotopic (exact) mass is 375 g/mol. The van der Waals surface area contributed by atoms with Gasteiger partial charge in [0.1, 0.15) is 5.69 Å². The Morgan fingerprint density at radius 2 is 1.62 bits per heavy atom. The zero-order chi connectivity index (χ0) is 18.6. The molecule has 1 aliphatic heterocycles. The SMILES string of the molecule is O=C(NNC(=O)c1cnccn1)c1ccc(S(=O)(=O)N2CCCC2)cc1. The van der Waals surface area contributed by atoms with E-state index in [1.807, 2.05) is 0 Å². The van der Waals surface area contributed by atoms with Crippen LogP contribution in [0.15, 0.2) is 47.8 Å². The molecule has 0 unspecified atom stereocenters. The second-order valence-corrected chi connectivity index (χ2v) is 7.57. The molecule has 1 saturated heterocycles. The lowest BCUT2D eigenvalue weighted by Crippen LogP contribution is -2.42. The van der Waals surface area contributed by atoms with Crippen molar-refractivity contribution in [3.8, 4) is 0 Å². The molecule has 0 atom stereocenters. The molecule has 2 aromatic rings. The van der Waals surface area contributed by atoms with Gasteiger partial charge in [-0.05, 0) is 37.1 Å². The number of nitrogens with one attached hydrogen (secondary N) is 2. The highest BCUT2D eigenvalue weighted by Crippen LogP contribution is 2.21. The molecule has 2 heterocycles. The Hall–Kier alpha value is -2.85. The van der Waals surface area contributed by atoms with Gasteiger partial charge in [-0.1, -0.05) is 0 Å². The van der Waals surface area contributed by atoms with Crippen molar-refractivity contribution in [2.75, 3.05) is 13.1 Å². The predicted molar refractivity (Wildman–Crippen MR) is 91.4 cm³/mol. The van der Waals surface area contributed by atoms with Crippen molar-refractivity contribution in [1.29, 1.82) is 0 Å². The molecule has 0 spiro atoms. The van der Waals surface area contributed by atoms with Gasteiger partial charge in [-0.15, -0.1) is 0 Å². The maximum atomic E-state index is 12.4. The highest BCUT2D eigenvalue weighted by Gasteiger charge is 2.27. The van der Waals surface area contributed by atoms with Crippen LogP contribution in [0, 0.1) is 0 Å². The van der Waals surface area contributed by atoms with Crippen molar-refractivity contribution in [3.05, 3.63) is 54.1 Å². The summed E-state index contributed by atoms with van der Waals surface area (Å²) in [7, 11) is -3.53. The van der Waals surface area contributed by atoms with Gasteiger partial charge in [0.15, 0.2) is 0 Å². The van der Waals surface area contributed by atoms with Gasteiger partial charge in [-0.2, -0.15) is 4.31 Å². The summed E-state index contributed by atoms with van der Waals surface area (Å²) in [6, 6.07) is 5.56. The van der Waals surface area contributed by atoms with Crippen LogP contribution in [0.2, 0.25) is 0 Å². The van der Waals surface area contributed by atoms with E-state index in [1.165, 1.54) is 47.2 Å². The maximum absolute atomic E-state index is 12.4. The Labute approximate surface area is 150 Å². The van der Waals surface area contributed by atoms with E-state index in [1.54, 1.807) is 0 Å². The van der Waals surface area contributed by atoms with Gasteiger partial charge in [0, 0.05) is 31.0 Å². The van der Waals surface area contributed by atoms with E-state index in [0.29, 0.717) is 13.1 Å². The number of rotatable bonds is 4. The van der Waals surface area contributed by atoms with Crippen LogP contribution in [-0.4, -0.2) is 47.6 Å². The summed E-state index contributed by atoms with van der Waals surface area (Å²) in [5.41, 5.74) is 4.73. The summed E-state index contributed by atoms with van der Waals surface area (Å²) in [4.78, 5) is 31.6. The minimum absolute atomic E-state index is 0.0554. The minimum Gasteiger partial charge on any atom is -0.267 e. The second kappa shape index (κ2) is 7.58. The molecule has 1 aromatic heterocycles. The fraction of sp³-hybridized carbons (Fsp3) is 0.250. The first-order valence-electron chi connectivity index (χ1n) is 7.95. The Balaban J connectivity index is 1.63. The third-order valence-electron chi connectivity index (χ3n) is 3.90. The molecular formula is C16H17N5O4S. The summed E-state index contributed by atoms with van der Waals surface area (Å²) >= 11 is 0. The van der Waals surface area contributed by atoms with Crippen molar-refractivity contribution >= 4 is 21.8 Å². The fourth-order valence-corrected chi connectivity index (χ4v) is 4.04. The number of hydrazine groups is 1. The zero-order valence-electron chi connectivity index (χ0n) is 13.8. The van der Waals surface area contributed by atoms with Gasteiger partial charge in [0.25, 0.3) is 11.8 Å². The number of carbonyl (C=O) groups is 2. The third-order valence-corrected chi connectivity index (χ3v) is 5.82. The molecule has 2 N–H and O–H groups in total. The minimum atomic E-state index is -3.53. The van der Waals surface area contributed by atoms with Gasteiger partial charge < -0.3 is 0 Å². The van der Waals surface area contributed by atoms with E-state index in [4.69, 9.17) is 0 Å². The van der Waals surface area contributed by atoms with Crippen LogP contribution in [0.5, 0.6) is 0 Å². The van der Waals surface area contributed by atoms with Gasteiger partial charge in [0.05, 0.1) is 11.1 Å². The van der Waals surface area contributed by atoms with Crippen molar-refractivity contribution in [2.45, 2.75) is 17.7 Å². The van der Waals surface area contributed by atoms with E-state index < -0.39 is 21.8 Å². The molecule has 3 rings (SSSR count). The number of amides is 2. The third kappa shape index (κ3) is 3.86. The first-order valence-corrected chi connectivity index (χ1v) is 9.39. The maximum Gasteiger partial charge on any atom is 0.289 e. The molecule has 136 valence electrons. The van der Waals surface area contributed by atoms with Crippen molar-refractivity contribution in [2.24, 2.45) is 0 Å². The number of nitrogens with zero attached hydrogens (tertiary/aromatic N) is 3. The van der Waals surface area contributed by atoms with Crippen LogP contribution in [0.1, 0.15) is 33.7 Å². The van der Waals surface area contributed by atoms with Gasteiger partial charge >= 0.3 is 0 Å². The summed E-state index contributed by atoms with van der Waals surface area (Å²) in [5, 5.41) is 0. The topological polar surface area (TPSA) is 121 Å². The Bertz CT molecular complexity index is 894. The number of hydrogen-bond acceptors (Lipinski definition) is 6.